The minimum atomic E-state index is -3.82. The maximum atomic E-state index is 11.8. The van der Waals surface area contributed by atoms with Gasteiger partial charge in [0.05, 0.1) is 17.2 Å². The molecule has 112 valence electrons. The van der Waals surface area contributed by atoms with Gasteiger partial charge in [-0.15, -0.1) is 0 Å². The molecule has 7 nitrogen and oxygen atoms in total. The Hall–Kier alpha value is -1.61. The summed E-state index contributed by atoms with van der Waals surface area (Å²) in [7, 11) is -7.19. The van der Waals surface area contributed by atoms with Gasteiger partial charge in [-0.3, -0.25) is 10.1 Å². The third-order valence-electron chi connectivity index (χ3n) is 2.53. The van der Waals surface area contributed by atoms with Gasteiger partial charge in [-0.05, 0) is 18.6 Å². The molecule has 0 aliphatic carbocycles. The number of anilines is 1. The Kier molecular flexibility index (Phi) is 4.77. The van der Waals surface area contributed by atoms with Crippen molar-refractivity contribution in [1.82, 2.24) is 0 Å². The van der Waals surface area contributed by atoms with Crippen LogP contribution in [0.5, 0.6) is 0 Å². The highest BCUT2D eigenvalue weighted by molar-refractivity contribution is 7.95. The minimum Gasteiger partial charge on any atom is -0.384 e. The first kappa shape index (κ1) is 16.4. The Morgan fingerprint density at radius 1 is 1.25 bits per heavy atom. The molecule has 0 saturated carbocycles. The number of hydrogen-bond donors (Lipinski definition) is 3. The number of sulfone groups is 1. The topological polar surface area (TPSA) is 130 Å². The van der Waals surface area contributed by atoms with Gasteiger partial charge in [-0.25, -0.2) is 16.8 Å². The van der Waals surface area contributed by atoms with Crippen molar-refractivity contribution in [3.63, 3.8) is 0 Å². The maximum absolute atomic E-state index is 11.8. The van der Waals surface area contributed by atoms with Crippen molar-refractivity contribution in [3.8, 4) is 0 Å². The lowest BCUT2D eigenvalue weighted by Gasteiger charge is -2.13. The van der Waals surface area contributed by atoms with Crippen LogP contribution in [0.1, 0.15) is 11.1 Å². The quantitative estimate of drug-likeness (QED) is 0.504. The molecule has 0 fully saturated rings. The Bertz CT molecular complexity index is 724. The second kappa shape index (κ2) is 5.80. The van der Waals surface area contributed by atoms with Crippen LogP contribution >= 0.6 is 0 Å². The number of nitrogen functional groups attached to an aromatic ring is 1. The normalized spacial score (nSPS) is 12.1. The van der Waals surface area contributed by atoms with Crippen LogP contribution in [0, 0.1) is 12.3 Å². The Morgan fingerprint density at radius 3 is 2.35 bits per heavy atom. The summed E-state index contributed by atoms with van der Waals surface area (Å²) in [6.07, 6.45) is 0.968. The van der Waals surface area contributed by atoms with E-state index in [1.54, 1.807) is 19.1 Å². The van der Waals surface area contributed by atoms with Crippen LogP contribution in [0.4, 0.5) is 5.69 Å². The highest BCUT2D eigenvalue weighted by Crippen LogP contribution is 2.20. The fourth-order valence-electron chi connectivity index (χ4n) is 1.59. The molecule has 0 amide bonds. The van der Waals surface area contributed by atoms with Gasteiger partial charge in [0.2, 0.25) is 10.0 Å². The third kappa shape index (κ3) is 4.82. The minimum absolute atomic E-state index is 0.172. The molecule has 0 radical (unpaired) electrons. The number of hydrogen-bond acceptors (Lipinski definition) is 5. The van der Waals surface area contributed by atoms with E-state index in [9.17, 15) is 16.8 Å². The SMILES string of the molecule is Cc1cccc(NS(=O)(=O)CCS(C)(=O)=O)c1C(=N)N. The molecule has 0 aliphatic rings. The highest BCUT2D eigenvalue weighted by Gasteiger charge is 2.17. The van der Waals surface area contributed by atoms with Crippen molar-refractivity contribution in [2.24, 2.45) is 5.73 Å². The molecule has 1 rings (SSSR count). The number of nitrogens with one attached hydrogen (secondary N) is 2. The molecule has 1 aromatic rings. The summed E-state index contributed by atoms with van der Waals surface area (Å²) >= 11 is 0. The number of rotatable bonds is 6. The molecular weight excluding hydrogens is 302 g/mol. The third-order valence-corrected chi connectivity index (χ3v) is 5.01. The van der Waals surface area contributed by atoms with Crippen molar-refractivity contribution in [3.05, 3.63) is 29.3 Å². The van der Waals surface area contributed by atoms with Gasteiger partial charge in [0.1, 0.15) is 15.7 Å². The number of benzene rings is 1. The highest BCUT2D eigenvalue weighted by atomic mass is 32.2. The van der Waals surface area contributed by atoms with Crippen LogP contribution < -0.4 is 10.5 Å². The average molecular weight is 319 g/mol. The van der Waals surface area contributed by atoms with Crippen LogP contribution in [0.25, 0.3) is 0 Å². The molecule has 0 saturated heterocycles. The van der Waals surface area contributed by atoms with Crippen LogP contribution in [0.2, 0.25) is 0 Å². The van der Waals surface area contributed by atoms with E-state index < -0.39 is 31.4 Å². The fraction of sp³-hybridized carbons (Fsp3) is 0.364. The standard InChI is InChI=1S/C11H17N3O4S2/c1-8-4-3-5-9(10(8)11(12)13)14-20(17,18)7-6-19(2,15)16/h3-5,14H,6-7H2,1-2H3,(H3,12,13). The number of nitrogens with two attached hydrogens (primary N) is 1. The molecule has 9 heteroatoms. The van der Waals surface area contributed by atoms with E-state index in [0.29, 0.717) is 5.56 Å². The largest absolute Gasteiger partial charge is 0.384 e. The zero-order valence-electron chi connectivity index (χ0n) is 11.2. The summed E-state index contributed by atoms with van der Waals surface area (Å²) in [6, 6.07) is 4.79. The van der Waals surface area contributed by atoms with Gasteiger partial charge in [0.25, 0.3) is 0 Å². The second-order valence-corrected chi connectivity index (χ2v) is 8.56. The van der Waals surface area contributed by atoms with E-state index >= 15 is 0 Å². The molecule has 0 bridgehead atoms. The van der Waals surface area contributed by atoms with E-state index in [2.05, 4.69) is 4.72 Å². The van der Waals surface area contributed by atoms with E-state index in [-0.39, 0.29) is 17.1 Å². The number of sulfonamides is 1. The number of aryl methyl sites for hydroxylation is 1. The molecule has 0 unspecified atom stereocenters. The van der Waals surface area contributed by atoms with Crippen LogP contribution in [-0.2, 0) is 19.9 Å². The first-order valence-corrected chi connectivity index (χ1v) is 9.35. The van der Waals surface area contributed by atoms with Crippen LogP contribution in [0.3, 0.4) is 0 Å². The molecule has 0 heterocycles. The zero-order valence-corrected chi connectivity index (χ0v) is 12.8. The fourth-order valence-corrected chi connectivity index (χ4v) is 4.29. The molecule has 0 aliphatic heterocycles. The predicted molar refractivity (Wildman–Crippen MR) is 79.3 cm³/mol. The van der Waals surface area contributed by atoms with E-state index in [0.717, 1.165) is 6.26 Å². The van der Waals surface area contributed by atoms with Gasteiger partial charge >= 0.3 is 0 Å². The van der Waals surface area contributed by atoms with E-state index in [1.807, 2.05) is 0 Å². The average Bonchev–Trinajstić information content (AvgIpc) is 2.24. The lowest BCUT2D eigenvalue weighted by Crippen LogP contribution is -2.24. The molecule has 20 heavy (non-hydrogen) atoms. The van der Waals surface area contributed by atoms with Crippen LogP contribution in [-0.4, -0.2) is 40.4 Å². The summed E-state index contributed by atoms with van der Waals surface area (Å²) in [5.41, 5.74) is 6.54. The molecule has 0 spiro atoms. The van der Waals surface area contributed by atoms with Gasteiger partial charge < -0.3 is 5.73 Å². The predicted octanol–water partition coefficient (Wildman–Crippen LogP) is 0.0654. The van der Waals surface area contributed by atoms with Crippen molar-refractivity contribution >= 4 is 31.4 Å². The first-order valence-electron chi connectivity index (χ1n) is 5.64. The Balaban J connectivity index is 3.05. The molecule has 0 atom stereocenters. The molecule has 4 N–H and O–H groups in total. The van der Waals surface area contributed by atoms with Crippen molar-refractivity contribution in [2.75, 3.05) is 22.5 Å². The van der Waals surface area contributed by atoms with Gasteiger partial charge in [-0.2, -0.15) is 0 Å². The smallest absolute Gasteiger partial charge is 0.233 e. The van der Waals surface area contributed by atoms with E-state index in [4.69, 9.17) is 11.1 Å². The van der Waals surface area contributed by atoms with Crippen molar-refractivity contribution in [1.29, 1.82) is 5.41 Å². The van der Waals surface area contributed by atoms with Gasteiger partial charge in [0.15, 0.2) is 0 Å². The molecule has 0 aromatic heterocycles. The lowest BCUT2D eigenvalue weighted by molar-refractivity contribution is 0.593. The summed E-state index contributed by atoms with van der Waals surface area (Å²) in [6.45, 7) is 1.70. The van der Waals surface area contributed by atoms with Gasteiger partial charge in [0, 0.05) is 11.8 Å². The molecule has 1 aromatic carbocycles. The second-order valence-electron chi connectivity index (χ2n) is 4.46. The summed E-state index contributed by atoms with van der Waals surface area (Å²) in [4.78, 5) is 0. The monoisotopic (exact) mass is 319 g/mol. The lowest BCUT2D eigenvalue weighted by atomic mass is 10.1. The Labute approximate surface area is 118 Å². The Morgan fingerprint density at radius 2 is 1.85 bits per heavy atom. The summed E-state index contributed by atoms with van der Waals surface area (Å²) < 4.78 is 48.0. The maximum Gasteiger partial charge on any atom is 0.233 e. The summed E-state index contributed by atoms with van der Waals surface area (Å²) in [5.74, 6) is -1.27. The van der Waals surface area contributed by atoms with Crippen molar-refractivity contribution in [2.45, 2.75) is 6.92 Å². The van der Waals surface area contributed by atoms with Crippen LogP contribution in [0.15, 0.2) is 18.2 Å². The van der Waals surface area contributed by atoms with Crippen molar-refractivity contribution < 1.29 is 16.8 Å². The van der Waals surface area contributed by atoms with Gasteiger partial charge in [-0.1, -0.05) is 12.1 Å². The number of amidine groups is 1. The zero-order chi connectivity index (χ0) is 15.6. The summed E-state index contributed by atoms with van der Waals surface area (Å²) in [5, 5.41) is 7.47. The molecular formula is C11H17N3O4S2. The first-order chi connectivity index (χ1) is 9.02. The van der Waals surface area contributed by atoms with E-state index in [1.165, 1.54) is 6.07 Å².